The average Bonchev–Trinajstić information content (AvgIpc) is 3.46. The number of aromatic nitrogens is 1. The number of rotatable bonds is 7. The zero-order valence-corrected chi connectivity index (χ0v) is 20.5. The molecule has 0 unspecified atom stereocenters. The van der Waals surface area contributed by atoms with Gasteiger partial charge in [-0.2, -0.15) is 4.31 Å². The van der Waals surface area contributed by atoms with Crippen molar-refractivity contribution >= 4 is 49.2 Å². The van der Waals surface area contributed by atoms with Gasteiger partial charge in [0.1, 0.15) is 11.5 Å². The van der Waals surface area contributed by atoms with E-state index in [1.165, 1.54) is 11.3 Å². The molecule has 2 heterocycles. The van der Waals surface area contributed by atoms with E-state index in [-0.39, 0.29) is 17.0 Å². The van der Waals surface area contributed by atoms with Gasteiger partial charge in [-0.3, -0.25) is 0 Å². The number of ether oxygens (including phenoxy) is 2. The largest absolute Gasteiger partial charge is 0.497 e. The lowest BCUT2D eigenvalue weighted by Crippen LogP contribution is -2.27. The molecule has 4 rings (SSSR count). The van der Waals surface area contributed by atoms with Gasteiger partial charge in [-0.05, 0) is 37.1 Å². The van der Waals surface area contributed by atoms with Gasteiger partial charge in [0.2, 0.25) is 10.0 Å². The summed E-state index contributed by atoms with van der Waals surface area (Å²) in [5.41, 5.74) is 2.39. The van der Waals surface area contributed by atoms with Crippen LogP contribution in [-0.2, 0) is 10.0 Å². The number of methoxy groups -OCH3 is 2. The summed E-state index contributed by atoms with van der Waals surface area (Å²) in [6, 6.07) is 12.4. The lowest BCUT2D eigenvalue weighted by molar-refractivity contribution is 0.405. The Morgan fingerprint density at radius 1 is 1.03 bits per heavy atom. The lowest BCUT2D eigenvalue weighted by atomic mass is 10.2. The molecule has 1 saturated heterocycles. The third-order valence-corrected chi connectivity index (χ3v) is 7.68. The summed E-state index contributed by atoms with van der Waals surface area (Å²) in [6.45, 7) is 1.19. The number of hydrogen-bond acceptors (Lipinski definition) is 7. The van der Waals surface area contributed by atoms with E-state index in [1.54, 1.807) is 42.8 Å². The zero-order valence-electron chi connectivity index (χ0n) is 17.2. The molecule has 0 saturated carbocycles. The highest BCUT2D eigenvalue weighted by molar-refractivity contribution is 8.93. The number of benzene rings is 2. The normalized spacial score (nSPS) is 14.1. The lowest BCUT2D eigenvalue weighted by Gasteiger charge is -2.15. The summed E-state index contributed by atoms with van der Waals surface area (Å²) in [5, 5.41) is 5.89. The number of halogens is 1. The van der Waals surface area contributed by atoms with Crippen LogP contribution in [0.2, 0.25) is 0 Å². The topological polar surface area (TPSA) is 80.8 Å². The highest BCUT2D eigenvalue weighted by Crippen LogP contribution is 2.34. The van der Waals surface area contributed by atoms with Crippen LogP contribution in [-0.4, -0.2) is 45.0 Å². The van der Waals surface area contributed by atoms with Gasteiger partial charge in [0, 0.05) is 30.1 Å². The molecule has 2 aromatic carbocycles. The van der Waals surface area contributed by atoms with Gasteiger partial charge >= 0.3 is 0 Å². The number of anilines is 2. The maximum atomic E-state index is 12.7. The summed E-state index contributed by atoms with van der Waals surface area (Å²) in [5.74, 6) is 1.40. The number of nitrogens with zero attached hydrogens (tertiary/aromatic N) is 2. The van der Waals surface area contributed by atoms with E-state index >= 15 is 0 Å². The van der Waals surface area contributed by atoms with Gasteiger partial charge in [-0.15, -0.1) is 28.3 Å². The standard InChI is InChI=1S/C21H23N3O4S2.BrH/c1-27-16-7-10-20(28-2)18(13-16)22-21-23-19(14-29-21)15-5-8-17(9-6-15)30(25,26)24-11-3-4-12-24;/h5-10,13-14H,3-4,11-12H2,1-2H3,(H,22,23);1H. The van der Waals surface area contributed by atoms with Gasteiger partial charge in [0.05, 0.1) is 30.5 Å². The molecule has 1 fully saturated rings. The molecule has 0 atom stereocenters. The van der Waals surface area contributed by atoms with Crippen LogP contribution in [0.3, 0.4) is 0 Å². The molecule has 0 bridgehead atoms. The summed E-state index contributed by atoms with van der Waals surface area (Å²) in [6.07, 6.45) is 1.84. The van der Waals surface area contributed by atoms with Crippen LogP contribution in [0.4, 0.5) is 10.8 Å². The van der Waals surface area contributed by atoms with E-state index in [2.05, 4.69) is 10.3 Å². The van der Waals surface area contributed by atoms with Gasteiger partial charge in [-0.25, -0.2) is 13.4 Å². The summed E-state index contributed by atoms with van der Waals surface area (Å²) in [4.78, 5) is 4.95. The Balaban J connectivity index is 0.00000272. The second-order valence-corrected chi connectivity index (χ2v) is 9.66. The molecule has 1 aliphatic rings. The minimum atomic E-state index is -3.41. The number of sulfonamides is 1. The van der Waals surface area contributed by atoms with Crippen molar-refractivity contribution in [1.29, 1.82) is 0 Å². The van der Waals surface area contributed by atoms with Crippen LogP contribution in [0.1, 0.15) is 12.8 Å². The average molecular weight is 526 g/mol. The molecule has 1 aromatic heterocycles. The monoisotopic (exact) mass is 525 g/mol. The first-order valence-corrected chi connectivity index (χ1v) is 11.9. The first-order valence-electron chi connectivity index (χ1n) is 9.56. The van der Waals surface area contributed by atoms with Crippen LogP contribution < -0.4 is 14.8 Å². The van der Waals surface area contributed by atoms with Gasteiger partial charge < -0.3 is 14.8 Å². The molecule has 0 spiro atoms. The molecule has 0 amide bonds. The molecular weight excluding hydrogens is 502 g/mol. The van der Waals surface area contributed by atoms with Crippen LogP contribution in [0.15, 0.2) is 52.7 Å². The summed E-state index contributed by atoms with van der Waals surface area (Å²) >= 11 is 1.46. The predicted molar refractivity (Wildman–Crippen MR) is 129 cm³/mol. The highest BCUT2D eigenvalue weighted by atomic mass is 79.9. The fraction of sp³-hybridized carbons (Fsp3) is 0.286. The van der Waals surface area contributed by atoms with Crippen molar-refractivity contribution in [2.45, 2.75) is 17.7 Å². The molecule has 1 N–H and O–H groups in total. The number of thiazole rings is 1. The van der Waals surface area contributed by atoms with Gasteiger partial charge in [-0.1, -0.05) is 12.1 Å². The fourth-order valence-corrected chi connectivity index (χ4v) is 5.61. The Kier molecular flexibility index (Phi) is 7.58. The van der Waals surface area contributed by atoms with Gasteiger partial charge in [0.25, 0.3) is 0 Å². The molecule has 0 aliphatic carbocycles. The summed E-state index contributed by atoms with van der Waals surface area (Å²) in [7, 11) is -0.189. The third-order valence-electron chi connectivity index (χ3n) is 5.01. The molecule has 3 aromatic rings. The molecular formula is C21H24BrN3O4S2. The van der Waals surface area contributed by atoms with E-state index in [0.717, 1.165) is 29.8 Å². The molecule has 1 aliphatic heterocycles. The van der Waals surface area contributed by atoms with Crippen LogP contribution >= 0.6 is 28.3 Å². The SMILES string of the molecule is Br.COc1ccc(OC)c(Nc2nc(-c3ccc(S(=O)(=O)N4CCCC4)cc3)cs2)c1. The Hall–Kier alpha value is -2.14. The van der Waals surface area contributed by atoms with E-state index < -0.39 is 10.0 Å². The number of nitrogens with one attached hydrogen (secondary N) is 1. The third kappa shape index (κ3) is 5.03. The second-order valence-electron chi connectivity index (χ2n) is 6.86. The Bertz CT molecular complexity index is 1130. The Morgan fingerprint density at radius 2 is 1.74 bits per heavy atom. The van der Waals surface area contributed by atoms with E-state index in [4.69, 9.17) is 9.47 Å². The Morgan fingerprint density at radius 3 is 2.39 bits per heavy atom. The fourth-order valence-electron chi connectivity index (χ4n) is 3.37. The van der Waals surface area contributed by atoms with E-state index in [1.807, 2.05) is 23.6 Å². The van der Waals surface area contributed by atoms with Gasteiger partial charge in [0.15, 0.2) is 5.13 Å². The van der Waals surface area contributed by atoms with Crippen LogP contribution in [0.5, 0.6) is 11.5 Å². The molecule has 166 valence electrons. The van der Waals surface area contributed by atoms with Crippen molar-refractivity contribution in [1.82, 2.24) is 9.29 Å². The van der Waals surface area contributed by atoms with Crippen molar-refractivity contribution in [3.05, 3.63) is 47.8 Å². The maximum Gasteiger partial charge on any atom is 0.243 e. The minimum absolute atomic E-state index is 0. The summed E-state index contributed by atoms with van der Waals surface area (Å²) < 4.78 is 37.6. The number of hydrogen-bond donors (Lipinski definition) is 1. The van der Waals surface area contributed by atoms with E-state index in [9.17, 15) is 8.42 Å². The van der Waals surface area contributed by atoms with Crippen molar-refractivity contribution in [3.8, 4) is 22.8 Å². The molecule has 10 heteroatoms. The first kappa shape index (κ1) is 23.5. The quantitative estimate of drug-likeness (QED) is 0.470. The maximum absolute atomic E-state index is 12.7. The van der Waals surface area contributed by atoms with Crippen molar-refractivity contribution in [3.63, 3.8) is 0 Å². The van der Waals surface area contributed by atoms with Crippen LogP contribution in [0.25, 0.3) is 11.3 Å². The van der Waals surface area contributed by atoms with Crippen molar-refractivity contribution < 1.29 is 17.9 Å². The van der Waals surface area contributed by atoms with Crippen molar-refractivity contribution in [2.75, 3.05) is 32.6 Å². The zero-order chi connectivity index (χ0) is 21.1. The van der Waals surface area contributed by atoms with Crippen molar-refractivity contribution in [2.24, 2.45) is 0 Å². The van der Waals surface area contributed by atoms with Crippen LogP contribution in [0, 0.1) is 0 Å². The molecule has 0 radical (unpaired) electrons. The molecule has 31 heavy (non-hydrogen) atoms. The smallest absolute Gasteiger partial charge is 0.243 e. The minimum Gasteiger partial charge on any atom is -0.497 e. The first-order chi connectivity index (χ1) is 14.5. The van der Waals surface area contributed by atoms with E-state index in [0.29, 0.717) is 34.6 Å². The second kappa shape index (κ2) is 9.99. The predicted octanol–water partition coefficient (Wildman–Crippen LogP) is 4.93. The highest BCUT2D eigenvalue weighted by Gasteiger charge is 2.27. The Labute approximate surface area is 196 Å². The molecule has 7 nitrogen and oxygen atoms in total.